The van der Waals surface area contributed by atoms with Crippen molar-refractivity contribution in [2.24, 2.45) is 29.4 Å². The number of nitrogens with one attached hydrogen (secondary N) is 2. The third-order valence-electron chi connectivity index (χ3n) is 7.73. The van der Waals surface area contributed by atoms with E-state index in [1.807, 2.05) is 32.0 Å². The molecule has 5 N–H and O–H groups in total. The topological polar surface area (TPSA) is 132 Å². The maximum absolute atomic E-state index is 13.1. The molecule has 0 aromatic heterocycles. The lowest BCUT2D eigenvalue weighted by Gasteiger charge is -2.31. The van der Waals surface area contributed by atoms with E-state index in [9.17, 15) is 14.7 Å². The van der Waals surface area contributed by atoms with Crippen molar-refractivity contribution >= 4 is 24.2 Å². The Hall–Kier alpha value is -2.07. The highest BCUT2D eigenvalue weighted by atomic mass is 35.5. The lowest BCUT2D eigenvalue weighted by atomic mass is 9.80. The van der Waals surface area contributed by atoms with Crippen molar-refractivity contribution in [1.29, 1.82) is 0 Å². The van der Waals surface area contributed by atoms with E-state index >= 15 is 0 Å². The van der Waals surface area contributed by atoms with Gasteiger partial charge in [-0.1, -0.05) is 33.8 Å². The summed E-state index contributed by atoms with van der Waals surface area (Å²) in [6.45, 7) is 10.0. The zero-order valence-electron chi connectivity index (χ0n) is 25.1. The van der Waals surface area contributed by atoms with Gasteiger partial charge >= 0.3 is 0 Å². The van der Waals surface area contributed by atoms with Crippen molar-refractivity contribution in [3.63, 3.8) is 0 Å². The minimum atomic E-state index is -0.833. The molecule has 1 aliphatic heterocycles. The van der Waals surface area contributed by atoms with Crippen LogP contribution in [-0.4, -0.2) is 69.1 Å². The molecule has 1 saturated heterocycles. The molecule has 2 amide bonds. The maximum Gasteiger partial charge on any atom is 0.242 e. The van der Waals surface area contributed by atoms with Crippen molar-refractivity contribution in [1.82, 2.24) is 10.6 Å². The van der Waals surface area contributed by atoms with E-state index in [1.54, 1.807) is 14.2 Å². The number of hydrogen-bond acceptors (Lipinski definition) is 7. The van der Waals surface area contributed by atoms with E-state index in [2.05, 4.69) is 24.5 Å². The third-order valence-corrected chi connectivity index (χ3v) is 7.73. The Labute approximate surface area is 246 Å². The summed E-state index contributed by atoms with van der Waals surface area (Å²) in [5.74, 6) is 1.18. The molecule has 0 spiro atoms. The Kier molecular flexibility index (Phi) is 16.5. The lowest BCUT2D eigenvalue weighted by molar-refractivity contribution is -0.133. The van der Waals surface area contributed by atoms with Gasteiger partial charge in [0.15, 0.2) is 11.5 Å². The van der Waals surface area contributed by atoms with Gasteiger partial charge in [-0.05, 0) is 67.6 Å². The first-order valence-corrected chi connectivity index (χ1v) is 14.4. The summed E-state index contributed by atoms with van der Waals surface area (Å²) >= 11 is 0. The molecule has 1 aromatic rings. The van der Waals surface area contributed by atoms with Crippen molar-refractivity contribution in [3.05, 3.63) is 23.8 Å². The predicted octanol–water partition coefficient (Wildman–Crippen LogP) is 3.48. The molecule has 10 heteroatoms. The molecule has 40 heavy (non-hydrogen) atoms. The van der Waals surface area contributed by atoms with Gasteiger partial charge in [0.25, 0.3) is 0 Å². The molecule has 0 bridgehead atoms. The van der Waals surface area contributed by atoms with Gasteiger partial charge in [-0.3, -0.25) is 9.59 Å². The minimum Gasteiger partial charge on any atom is -0.493 e. The average molecular weight is 586 g/mol. The molecule has 0 aliphatic carbocycles. The second-order valence-electron chi connectivity index (χ2n) is 11.4. The van der Waals surface area contributed by atoms with Crippen molar-refractivity contribution < 1.29 is 28.9 Å². The highest BCUT2D eigenvalue weighted by Gasteiger charge is 2.32. The molecular weight excluding hydrogens is 534 g/mol. The number of carbonyl (C=O) groups is 2. The van der Waals surface area contributed by atoms with Crippen LogP contribution in [-0.2, 0) is 20.7 Å². The molecule has 2 rings (SSSR count). The van der Waals surface area contributed by atoms with Gasteiger partial charge in [-0.15, -0.1) is 12.4 Å². The van der Waals surface area contributed by atoms with Gasteiger partial charge in [0.05, 0.1) is 19.8 Å². The summed E-state index contributed by atoms with van der Waals surface area (Å²) in [5, 5.41) is 16.8. The molecule has 0 saturated carbocycles. The fraction of sp³-hybridized carbons (Fsp3) is 0.733. The minimum absolute atomic E-state index is 0. The first kappa shape index (κ1) is 36.0. The van der Waals surface area contributed by atoms with Crippen LogP contribution >= 0.6 is 12.4 Å². The number of piperidine rings is 1. The number of ether oxygens (including phenoxy) is 3. The second-order valence-corrected chi connectivity index (χ2v) is 11.4. The monoisotopic (exact) mass is 585 g/mol. The fourth-order valence-electron chi connectivity index (χ4n) is 5.05. The van der Waals surface area contributed by atoms with E-state index in [0.717, 1.165) is 24.8 Å². The normalized spacial score (nSPS) is 18.4. The molecular formula is C30H52ClN3O6. The molecule has 230 valence electrons. The average Bonchev–Trinajstić information content (AvgIpc) is 2.90. The van der Waals surface area contributed by atoms with E-state index in [1.165, 1.54) is 0 Å². The van der Waals surface area contributed by atoms with Crippen molar-refractivity contribution in [2.45, 2.75) is 84.4 Å². The molecule has 1 fully saturated rings. The van der Waals surface area contributed by atoms with E-state index in [-0.39, 0.29) is 42.5 Å². The Morgan fingerprint density at radius 2 is 1.85 bits per heavy atom. The predicted molar refractivity (Wildman–Crippen MR) is 160 cm³/mol. The number of carbonyl (C=O) groups excluding carboxylic acids is 2. The SMILES string of the molecule is COCCCOc1cc(C[C@@H](C[C@H](N)[C@@H](O)C[C@H](C(=O)N[C@H]2CCCNC2=O)C(C)C)C(C)C)ccc1OC.Cl. The molecule has 0 radical (unpaired) electrons. The van der Waals surface area contributed by atoms with Crippen LogP contribution in [0, 0.1) is 23.7 Å². The van der Waals surface area contributed by atoms with Crippen LogP contribution in [0.3, 0.4) is 0 Å². The van der Waals surface area contributed by atoms with Crippen molar-refractivity contribution in [3.8, 4) is 11.5 Å². The van der Waals surface area contributed by atoms with Crippen molar-refractivity contribution in [2.75, 3.05) is 34.0 Å². The van der Waals surface area contributed by atoms with Crippen LogP contribution in [0.2, 0.25) is 0 Å². The fourth-order valence-corrected chi connectivity index (χ4v) is 5.05. The van der Waals surface area contributed by atoms with Gasteiger partial charge in [-0.2, -0.15) is 0 Å². The van der Waals surface area contributed by atoms with E-state index < -0.39 is 24.1 Å². The maximum atomic E-state index is 13.1. The number of methoxy groups -OCH3 is 2. The molecule has 0 unspecified atom stereocenters. The smallest absolute Gasteiger partial charge is 0.242 e. The molecule has 1 aliphatic rings. The number of aliphatic hydroxyl groups is 1. The van der Waals surface area contributed by atoms with Crippen LogP contribution in [0.15, 0.2) is 18.2 Å². The van der Waals surface area contributed by atoms with Crippen LogP contribution < -0.4 is 25.8 Å². The van der Waals surface area contributed by atoms with E-state index in [4.69, 9.17) is 19.9 Å². The highest BCUT2D eigenvalue weighted by molar-refractivity contribution is 5.89. The highest BCUT2D eigenvalue weighted by Crippen LogP contribution is 2.32. The number of amides is 2. The van der Waals surface area contributed by atoms with Crippen LogP contribution in [0.5, 0.6) is 11.5 Å². The first-order valence-electron chi connectivity index (χ1n) is 14.4. The number of nitrogens with two attached hydrogens (primary N) is 1. The standard InChI is InChI=1S/C30H51N3O6.ClH/c1-19(2)22(15-21-10-11-27(38-6)28(16-21)39-14-8-13-37-5)17-24(31)26(34)18-23(20(3)4)29(35)33-25-9-7-12-32-30(25)36;/h10-11,16,19-20,22-26,34H,7-9,12-15,17-18,31H2,1-6H3,(H,32,36)(H,33,35);1H/t22-,23-,24-,25-,26-;/m0./s1. The Morgan fingerprint density at radius 1 is 1.12 bits per heavy atom. The summed E-state index contributed by atoms with van der Waals surface area (Å²) in [6, 6.07) is 4.99. The number of benzene rings is 1. The summed E-state index contributed by atoms with van der Waals surface area (Å²) in [4.78, 5) is 25.2. The van der Waals surface area contributed by atoms with Gasteiger partial charge in [-0.25, -0.2) is 0 Å². The zero-order chi connectivity index (χ0) is 28.9. The first-order chi connectivity index (χ1) is 18.6. The number of rotatable bonds is 17. The van der Waals surface area contributed by atoms with Gasteiger partial charge in [0.2, 0.25) is 11.8 Å². The summed E-state index contributed by atoms with van der Waals surface area (Å²) in [6.07, 6.45) is 3.07. The Bertz CT molecular complexity index is 900. The third kappa shape index (κ3) is 11.4. The van der Waals surface area contributed by atoms with Gasteiger partial charge < -0.3 is 35.7 Å². The summed E-state index contributed by atoms with van der Waals surface area (Å²) in [7, 11) is 3.30. The lowest BCUT2D eigenvalue weighted by Crippen LogP contribution is -2.52. The number of halogens is 1. The Morgan fingerprint density at radius 3 is 2.45 bits per heavy atom. The zero-order valence-corrected chi connectivity index (χ0v) is 25.9. The Balaban J connectivity index is 0.00000800. The number of hydrogen-bond donors (Lipinski definition) is 4. The van der Waals surface area contributed by atoms with Gasteiger partial charge in [0, 0.05) is 38.6 Å². The quantitative estimate of drug-likeness (QED) is 0.206. The summed E-state index contributed by atoms with van der Waals surface area (Å²) < 4.78 is 16.5. The van der Waals surface area contributed by atoms with E-state index in [0.29, 0.717) is 50.0 Å². The van der Waals surface area contributed by atoms with Gasteiger partial charge in [0.1, 0.15) is 6.04 Å². The largest absolute Gasteiger partial charge is 0.493 e. The number of aliphatic hydroxyl groups excluding tert-OH is 1. The molecule has 1 aromatic carbocycles. The molecule has 9 nitrogen and oxygen atoms in total. The van der Waals surface area contributed by atoms with Crippen LogP contribution in [0.25, 0.3) is 0 Å². The van der Waals surface area contributed by atoms with Crippen LogP contribution in [0.1, 0.15) is 65.4 Å². The summed E-state index contributed by atoms with van der Waals surface area (Å²) in [5.41, 5.74) is 7.65. The second kappa shape index (κ2) is 18.4. The molecule has 1 heterocycles. The molecule has 5 atom stereocenters. The van der Waals surface area contributed by atoms with Crippen LogP contribution in [0.4, 0.5) is 0 Å².